The van der Waals surface area contributed by atoms with Crippen molar-refractivity contribution in [3.8, 4) is 5.75 Å². The number of nitrogens with one attached hydrogen (secondary N) is 1. The van der Waals surface area contributed by atoms with Crippen LogP contribution in [0.2, 0.25) is 0 Å². The van der Waals surface area contributed by atoms with Gasteiger partial charge in [0.15, 0.2) is 0 Å². The Hall–Kier alpha value is -2.08. The molecule has 1 heterocycles. The summed E-state index contributed by atoms with van der Waals surface area (Å²) in [6.07, 6.45) is 0.582. The molecule has 0 saturated heterocycles. The van der Waals surface area contributed by atoms with Gasteiger partial charge in [0.2, 0.25) is 0 Å². The van der Waals surface area contributed by atoms with Gasteiger partial charge in [0.25, 0.3) is 5.56 Å². The third kappa shape index (κ3) is 2.14. The molecule has 0 saturated carbocycles. The molecule has 6 heteroatoms. The largest absolute Gasteiger partial charge is 0.497 e. The number of hydrogen-bond donors (Lipinski definition) is 2. The molecule has 0 spiro atoms. The van der Waals surface area contributed by atoms with Gasteiger partial charge in [0.05, 0.1) is 18.0 Å². The average molecular weight is 249 g/mol. The quantitative estimate of drug-likeness (QED) is 0.801. The van der Waals surface area contributed by atoms with E-state index in [0.717, 1.165) is 4.57 Å². The SMILES string of the molecule is COc1ccc2[nH]c(=O)n(CCCN)c(=O)c2c1. The highest BCUT2D eigenvalue weighted by molar-refractivity contribution is 5.78. The van der Waals surface area contributed by atoms with E-state index < -0.39 is 5.69 Å². The van der Waals surface area contributed by atoms with Crippen LogP contribution in [0.5, 0.6) is 5.75 Å². The van der Waals surface area contributed by atoms with Crippen LogP contribution in [0.15, 0.2) is 27.8 Å². The molecule has 0 aliphatic carbocycles. The van der Waals surface area contributed by atoms with Crippen molar-refractivity contribution in [3.05, 3.63) is 39.0 Å². The molecule has 96 valence electrons. The minimum Gasteiger partial charge on any atom is -0.497 e. The summed E-state index contributed by atoms with van der Waals surface area (Å²) in [6, 6.07) is 4.97. The molecule has 6 nitrogen and oxygen atoms in total. The number of rotatable bonds is 4. The van der Waals surface area contributed by atoms with Crippen LogP contribution in [0.4, 0.5) is 0 Å². The Morgan fingerprint density at radius 1 is 1.39 bits per heavy atom. The Morgan fingerprint density at radius 2 is 2.17 bits per heavy atom. The Kier molecular flexibility index (Phi) is 3.47. The number of aromatic amines is 1. The molecule has 18 heavy (non-hydrogen) atoms. The van der Waals surface area contributed by atoms with Gasteiger partial charge >= 0.3 is 5.69 Å². The van der Waals surface area contributed by atoms with Gasteiger partial charge in [-0.1, -0.05) is 0 Å². The number of H-pyrrole nitrogens is 1. The van der Waals surface area contributed by atoms with Crippen LogP contribution in [0, 0.1) is 0 Å². The first-order valence-corrected chi connectivity index (χ1v) is 5.68. The molecule has 0 atom stereocenters. The van der Waals surface area contributed by atoms with Crippen molar-refractivity contribution < 1.29 is 4.74 Å². The highest BCUT2D eigenvalue weighted by Gasteiger charge is 2.07. The number of aromatic nitrogens is 2. The first kappa shape index (κ1) is 12.4. The number of nitrogens with zero attached hydrogens (tertiary/aromatic N) is 1. The number of fused-ring (bicyclic) bond motifs is 1. The zero-order chi connectivity index (χ0) is 13.1. The van der Waals surface area contributed by atoms with E-state index in [4.69, 9.17) is 10.5 Å². The summed E-state index contributed by atoms with van der Waals surface area (Å²) < 4.78 is 6.23. The zero-order valence-electron chi connectivity index (χ0n) is 10.1. The standard InChI is InChI=1S/C12H15N3O3/c1-18-8-3-4-10-9(7-8)11(16)15(6-2-5-13)12(17)14-10/h3-4,7H,2,5-6,13H2,1H3,(H,14,17). The highest BCUT2D eigenvalue weighted by atomic mass is 16.5. The maximum absolute atomic E-state index is 12.2. The topological polar surface area (TPSA) is 90.1 Å². The molecule has 0 radical (unpaired) electrons. The van der Waals surface area contributed by atoms with Gasteiger partial charge in [0.1, 0.15) is 5.75 Å². The number of ether oxygens (including phenoxy) is 1. The van der Waals surface area contributed by atoms with Crippen molar-refractivity contribution in [1.29, 1.82) is 0 Å². The fraction of sp³-hybridized carbons (Fsp3) is 0.333. The average Bonchev–Trinajstić information content (AvgIpc) is 2.38. The zero-order valence-corrected chi connectivity index (χ0v) is 10.1. The Morgan fingerprint density at radius 3 is 2.83 bits per heavy atom. The molecule has 0 aliphatic heterocycles. The molecule has 3 N–H and O–H groups in total. The van der Waals surface area contributed by atoms with Crippen molar-refractivity contribution in [2.45, 2.75) is 13.0 Å². The second-order valence-corrected chi connectivity index (χ2v) is 3.94. The van der Waals surface area contributed by atoms with Gasteiger partial charge in [-0.3, -0.25) is 9.36 Å². The monoisotopic (exact) mass is 249 g/mol. The lowest BCUT2D eigenvalue weighted by Crippen LogP contribution is -2.35. The second kappa shape index (κ2) is 5.05. The van der Waals surface area contributed by atoms with E-state index in [1.165, 1.54) is 7.11 Å². The number of benzene rings is 1. The van der Waals surface area contributed by atoms with Crippen molar-refractivity contribution in [3.63, 3.8) is 0 Å². The molecule has 0 bridgehead atoms. The lowest BCUT2D eigenvalue weighted by Gasteiger charge is -2.06. The summed E-state index contributed by atoms with van der Waals surface area (Å²) in [5.41, 5.74) is 5.17. The van der Waals surface area contributed by atoms with E-state index in [1.807, 2.05) is 0 Å². The minimum absolute atomic E-state index is 0.317. The maximum atomic E-state index is 12.2. The van der Waals surface area contributed by atoms with Crippen LogP contribution < -0.4 is 21.7 Å². The van der Waals surface area contributed by atoms with Gasteiger partial charge in [-0.25, -0.2) is 4.79 Å². The minimum atomic E-state index is -0.411. The molecule has 0 fully saturated rings. The van der Waals surface area contributed by atoms with E-state index in [9.17, 15) is 9.59 Å². The van der Waals surface area contributed by atoms with Gasteiger partial charge in [-0.15, -0.1) is 0 Å². The number of nitrogens with two attached hydrogens (primary N) is 1. The summed E-state index contributed by atoms with van der Waals surface area (Å²) in [5, 5.41) is 0.436. The predicted molar refractivity (Wildman–Crippen MR) is 69.1 cm³/mol. The van der Waals surface area contributed by atoms with Crippen LogP contribution in [-0.2, 0) is 6.54 Å². The van der Waals surface area contributed by atoms with E-state index >= 15 is 0 Å². The van der Waals surface area contributed by atoms with Crippen LogP contribution in [0.25, 0.3) is 10.9 Å². The Labute approximate surface area is 103 Å². The summed E-state index contributed by atoms with van der Waals surface area (Å²) >= 11 is 0. The maximum Gasteiger partial charge on any atom is 0.328 e. The van der Waals surface area contributed by atoms with Crippen molar-refractivity contribution >= 4 is 10.9 Å². The summed E-state index contributed by atoms with van der Waals surface area (Å²) in [6.45, 7) is 0.750. The molecule has 1 aromatic carbocycles. The number of methoxy groups -OCH3 is 1. The van der Waals surface area contributed by atoms with Gasteiger partial charge in [-0.05, 0) is 31.2 Å². The normalized spacial score (nSPS) is 10.8. The van der Waals surface area contributed by atoms with Crippen molar-refractivity contribution in [2.24, 2.45) is 5.73 Å². The van der Waals surface area contributed by atoms with Gasteiger partial charge in [0, 0.05) is 6.54 Å². The highest BCUT2D eigenvalue weighted by Crippen LogP contribution is 2.14. The van der Waals surface area contributed by atoms with Crippen LogP contribution in [0.1, 0.15) is 6.42 Å². The second-order valence-electron chi connectivity index (χ2n) is 3.94. The molecule has 1 aromatic heterocycles. The van der Waals surface area contributed by atoms with E-state index in [1.54, 1.807) is 18.2 Å². The fourth-order valence-corrected chi connectivity index (χ4v) is 1.81. The molecule has 2 aromatic rings. The van der Waals surface area contributed by atoms with E-state index in [0.29, 0.717) is 36.2 Å². The van der Waals surface area contributed by atoms with E-state index in [2.05, 4.69) is 4.98 Å². The first-order chi connectivity index (χ1) is 8.67. The first-order valence-electron chi connectivity index (χ1n) is 5.68. The molecule has 0 aliphatic rings. The summed E-state index contributed by atoms with van der Waals surface area (Å²) in [7, 11) is 1.53. The molecular weight excluding hydrogens is 234 g/mol. The molecular formula is C12H15N3O3. The van der Waals surface area contributed by atoms with Crippen LogP contribution in [0.3, 0.4) is 0 Å². The lowest BCUT2D eigenvalue weighted by atomic mass is 10.2. The predicted octanol–water partition coefficient (Wildman–Crippen LogP) is 0.0472. The van der Waals surface area contributed by atoms with Crippen LogP contribution >= 0.6 is 0 Å². The third-order valence-corrected chi connectivity index (χ3v) is 2.77. The van der Waals surface area contributed by atoms with Crippen LogP contribution in [-0.4, -0.2) is 23.2 Å². The van der Waals surface area contributed by atoms with Gasteiger partial charge < -0.3 is 15.5 Å². The summed E-state index contributed by atoms with van der Waals surface area (Å²) in [5.74, 6) is 0.581. The summed E-state index contributed by atoms with van der Waals surface area (Å²) in [4.78, 5) is 26.6. The Bertz CT molecular complexity index is 672. The smallest absolute Gasteiger partial charge is 0.328 e. The van der Waals surface area contributed by atoms with Crippen molar-refractivity contribution in [1.82, 2.24) is 9.55 Å². The third-order valence-electron chi connectivity index (χ3n) is 2.77. The molecule has 2 rings (SSSR count). The van der Waals surface area contributed by atoms with Gasteiger partial charge in [-0.2, -0.15) is 0 Å². The molecule has 0 unspecified atom stereocenters. The van der Waals surface area contributed by atoms with E-state index in [-0.39, 0.29) is 5.56 Å². The molecule has 0 amide bonds. The number of hydrogen-bond acceptors (Lipinski definition) is 4. The van der Waals surface area contributed by atoms with Crippen molar-refractivity contribution in [2.75, 3.05) is 13.7 Å². The lowest BCUT2D eigenvalue weighted by molar-refractivity contribution is 0.415. The Balaban J connectivity index is 2.66. The fourth-order valence-electron chi connectivity index (χ4n) is 1.81.